The lowest BCUT2D eigenvalue weighted by Crippen LogP contribution is -2.27. The van der Waals surface area contributed by atoms with Crippen molar-refractivity contribution in [1.29, 1.82) is 0 Å². The number of rotatable bonds is 11. The van der Waals surface area contributed by atoms with Gasteiger partial charge in [0.2, 0.25) is 0 Å². The van der Waals surface area contributed by atoms with E-state index in [0.29, 0.717) is 5.92 Å². The topological polar surface area (TPSA) is 52.6 Å². The zero-order chi connectivity index (χ0) is 14.6. The van der Waals surface area contributed by atoms with Crippen LogP contribution in [0.15, 0.2) is 0 Å². The second kappa shape index (κ2) is 11.0. The Hall–Kier alpha value is -0.770. The zero-order valence-electron chi connectivity index (χ0n) is 13.1. The molecule has 4 heteroatoms. The lowest BCUT2D eigenvalue weighted by Gasteiger charge is -2.12. The third-order valence-corrected chi connectivity index (χ3v) is 4.24. The largest absolute Gasteiger partial charge is 0.465 e. The van der Waals surface area contributed by atoms with E-state index in [1.807, 2.05) is 0 Å². The first-order valence-corrected chi connectivity index (χ1v) is 8.42. The summed E-state index contributed by atoms with van der Waals surface area (Å²) in [6.07, 6.45) is 10.9. The van der Waals surface area contributed by atoms with Gasteiger partial charge in [-0.1, -0.05) is 45.4 Å². The van der Waals surface area contributed by atoms with E-state index in [0.717, 1.165) is 39.0 Å². The Morgan fingerprint density at radius 2 is 1.85 bits per heavy atom. The highest BCUT2D eigenvalue weighted by atomic mass is 16.4. The summed E-state index contributed by atoms with van der Waals surface area (Å²) in [7, 11) is 0. The summed E-state index contributed by atoms with van der Waals surface area (Å²) in [4.78, 5) is 12.3. The Balaban J connectivity index is 1.82. The molecule has 0 aromatic heterocycles. The molecule has 0 radical (unpaired) electrons. The molecular formula is C16H32N2O2. The Morgan fingerprint density at radius 1 is 1.15 bits per heavy atom. The van der Waals surface area contributed by atoms with Crippen LogP contribution in [0.25, 0.3) is 0 Å². The van der Waals surface area contributed by atoms with Crippen molar-refractivity contribution in [2.45, 2.75) is 64.7 Å². The molecule has 20 heavy (non-hydrogen) atoms. The molecule has 0 saturated carbocycles. The fourth-order valence-corrected chi connectivity index (χ4v) is 2.88. The molecule has 2 N–H and O–H groups in total. The summed E-state index contributed by atoms with van der Waals surface area (Å²) in [5.41, 5.74) is 0. The molecule has 0 aromatic carbocycles. The predicted octanol–water partition coefficient (Wildman–Crippen LogP) is 3.72. The number of hydrogen-bond donors (Lipinski definition) is 2. The standard InChI is InChI=1S/C16H32N2O2/c1-2-3-4-5-6-7-8-11-17-12-9-15-10-13-18(14-15)16(19)20/h15,17H,2-14H2,1H3,(H,19,20). The van der Waals surface area contributed by atoms with E-state index in [9.17, 15) is 4.79 Å². The highest BCUT2D eigenvalue weighted by molar-refractivity contribution is 5.65. The van der Waals surface area contributed by atoms with Crippen molar-refractivity contribution in [3.8, 4) is 0 Å². The first-order valence-electron chi connectivity index (χ1n) is 8.42. The van der Waals surface area contributed by atoms with Gasteiger partial charge in [0.05, 0.1) is 0 Å². The minimum Gasteiger partial charge on any atom is -0.465 e. The van der Waals surface area contributed by atoms with Gasteiger partial charge in [-0.15, -0.1) is 0 Å². The van der Waals surface area contributed by atoms with Crippen molar-refractivity contribution in [3.05, 3.63) is 0 Å². The van der Waals surface area contributed by atoms with Crippen LogP contribution in [-0.4, -0.2) is 42.3 Å². The van der Waals surface area contributed by atoms with Crippen LogP contribution in [0.3, 0.4) is 0 Å². The van der Waals surface area contributed by atoms with Crippen LogP contribution in [0, 0.1) is 5.92 Å². The van der Waals surface area contributed by atoms with E-state index < -0.39 is 6.09 Å². The van der Waals surface area contributed by atoms with E-state index in [4.69, 9.17) is 5.11 Å². The molecule has 1 saturated heterocycles. The molecule has 1 amide bonds. The van der Waals surface area contributed by atoms with E-state index in [1.54, 1.807) is 4.90 Å². The maximum absolute atomic E-state index is 10.8. The van der Waals surface area contributed by atoms with Crippen molar-refractivity contribution in [2.75, 3.05) is 26.2 Å². The molecule has 0 spiro atoms. The molecule has 1 rings (SSSR count). The number of nitrogens with one attached hydrogen (secondary N) is 1. The lowest BCUT2D eigenvalue weighted by atomic mass is 10.1. The lowest BCUT2D eigenvalue weighted by molar-refractivity contribution is 0.154. The maximum atomic E-state index is 10.8. The minimum absolute atomic E-state index is 0.563. The number of nitrogens with zero attached hydrogens (tertiary/aromatic N) is 1. The Kier molecular flexibility index (Phi) is 9.46. The van der Waals surface area contributed by atoms with Crippen molar-refractivity contribution < 1.29 is 9.90 Å². The van der Waals surface area contributed by atoms with Gasteiger partial charge in [0.25, 0.3) is 0 Å². The quantitative estimate of drug-likeness (QED) is 0.569. The van der Waals surface area contributed by atoms with E-state index in [1.165, 1.54) is 44.9 Å². The second-order valence-corrected chi connectivity index (χ2v) is 6.04. The number of carbonyl (C=O) groups is 1. The van der Waals surface area contributed by atoms with Crippen LogP contribution in [0.4, 0.5) is 4.79 Å². The fraction of sp³-hybridized carbons (Fsp3) is 0.938. The number of likely N-dealkylation sites (tertiary alicyclic amines) is 1. The summed E-state index contributed by atoms with van der Waals surface area (Å²) in [6, 6.07) is 0. The average Bonchev–Trinajstić information content (AvgIpc) is 2.90. The molecular weight excluding hydrogens is 252 g/mol. The highest BCUT2D eigenvalue weighted by Gasteiger charge is 2.24. The van der Waals surface area contributed by atoms with Gasteiger partial charge >= 0.3 is 6.09 Å². The highest BCUT2D eigenvalue weighted by Crippen LogP contribution is 2.18. The molecule has 1 fully saturated rings. The minimum atomic E-state index is -0.761. The number of amides is 1. The summed E-state index contributed by atoms with van der Waals surface area (Å²) < 4.78 is 0. The molecule has 1 aliphatic heterocycles. The third-order valence-electron chi connectivity index (χ3n) is 4.24. The first-order chi connectivity index (χ1) is 9.74. The molecule has 0 aromatic rings. The fourth-order valence-electron chi connectivity index (χ4n) is 2.88. The molecule has 0 aliphatic carbocycles. The Morgan fingerprint density at radius 3 is 2.50 bits per heavy atom. The Bertz CT molecular complexity index is 259. The average molecular weight is 284 g/mol. The summed E-state index contributed by atoms with van der Waals surface area (Å²) >= 11 is 0. The molecule has 4 nitrogen and oxygen atoms in total. The van der Waals surface area contributed by atoms with Crippen LogP contribution in [0.5, 0.6) is 0 Å². The summed E-state index contributed by atoms with van der Waals surface area (Å²) in [5, 5.41) is 12.4. The molecule has 1 aliphatic rings. The summed E-state index contributed by atoms with van der Waals surface area (Å²) in [6.45, 7) is 5.85. The molecule has 118 valence electrons. The molecule has 1 atom stereocenters. The predicted molar refractivity (Wildman–Crippen MR) is 83.2 cm³/mol. The van der Waals surface area contributed by atoms with Crippen LogP contribution < -0.4 is 5.32 Å². The van der Waals surface area contributed by atoms with Crippen LogP contribution >= 0.6 is 0 Å². The number of hydrogen-bond acceptors (Lipinski definition) is 2. The van der Waals surface area contributed by atoms with Crippen molar-refractivity contribution in [1.82, 2.24) is 10.2 Å². The monoisotopic (exact) mass is 284 g/mol. The zero-order valence-corrected chi connectivity index (χ0v) is 13.1. The van der Waals surface area contributed by atoms with Gasteiger partial charge < -0.3 is 15.3 Å². The van der Waals surface area contributed by atoms with Gasteiger partial charge in [0.15, 0.2) is 0 Å². The van der Waals surface area contributed by atoms with Gasteiger partial charge in [0, 0.05) is 13.1 Å². The SMILES string of the molecule is CCCCCCCCCNCCC1CCN(C(=O)O)C1. The first kappa shape index (κ1) is 17.3. The van der Waals surface area contributed by atoms with E-state index >= 15 is 0 Å². The van der Waals surface area contributed by atoms with E-state index in [2.05, 4.69) is 12.2 Å². The van der Waals surface area contributed by atoms with Crippen molar-refractivity contribution in [3.63, 3.8) is 0 Å². The van der Waals surface area contributed by atoms with Crippen LogP contribution in [-0.2, 0) is 0 Å². The molecule has 1 heterocycles. The molecule has 1 unspecified atom stereocenters. The Labute approximate surface area is 123 Å². The van der Waals surface area contributed by atoms with Gasteiger partial charge in [-0.2, -0.15) is 0 Å². The van der Waals surface area contributed by atoms with Gasteiger partial charge in [-0.05, 0) is 38.3 Å². The van der Waals surface area contributed by atoms with Crippen molar-refractivity contribution >= 4 is 6.09 Å². The van der Waals surface area contributed by atoms with E-state index in [-0.39, 0.29) is 0 Å². The second-order valence-electron chi connectivity index (χ2n) is 6.04. The van der Waals surface area contributed by atoms with Crippen LogP contribution in [0.1, 0.15) is 64.7 Å². The number of carboxylic acid groups (broad SMARTS) is 1. The van der Waals surface area contributed by atoms with Gasteiger partial charge in [0.1, 0.15) is 0 Å². The van der Waals surface area contributed by atoms with Gasteiger partial charge in [-0.25, -0.2) is 4.79 Å². The third kappa shape index (κ3) is 7.73. The summed E-state index contributed by atoms with van der Waals surface area (Å²) in [5.74, 6) is 0.563. The number of unbranched alkanes of at least 4 members (excludes halogenated alkanes) is 6. The maximum Gasteiger partial charge on any atom is 0.407 e. The van der Waals surface area contributed by atoms with Gasteiger partial charge in [-0.3, -0.25) is 0 Å². The normalized spacial score (nSPS) is 18.6. The molecule has 0 bridgehead atoms. The van der Waals surface area contributed by atoms with Crippen molar-refractivity contribution in [2.24, 2.45) is 5.92 Å². The van der Waals surface area contributed by atoms with Crippen LogP contribution in [0.2, 0.25) is 0 Å². The smallest absolute Gasteiger partial charge is 0.407 e.